The van der Waals surface area contributed by atoms with Crippen molar-refractivity contribution >= 4 is 11.9 Å². The topological polar surface area (TPSA) is 115 Å². The summed E-state index contributed by atoms with van der Waals surface area (Å²) < 4.78 is 3.03. The highest BCUT2D eigenvalue weighted by Crippen LogP contribution is 1.95. The molecule has 0 saturated heterocycles. The summed E-state index contributed by atoms with van der Waals surface area (Å²) in [6.45, 7) is 2.39. The molecule has 0 aromatic carbocycles. The van der Waals surface area contributed by atoms with E-state index in [1.807, 2.05) is 11.5 Å². The molecule has 2 aromatic rings. The van der Waals surface area contributed by atoms with Gasteiger partial charge in [-0.05, 0) is 6.92 Å². The lowest BCUT2D eigenvalue weighted by atomic mass is 10.3. The highest BCUT2D eigenvalue weighted by Gasteiger charge is 2.12. The third-order valence-corrected chi connectivity index (χ3v) is 2.51. The monoisotopic (exact) mass is 278 g/mol. The molecule has 0 aliphatic rings. The van der Waals surface area contributed by atoms with Crippen LogP contribution < -0.4 is 5.32 Å². The number of hydrogen-bond acceptors (Lipinski definition) is 5. The van der Waals surface area contributed by atoms with E-state index in [4.69, 9.17) is 5.11 Å². The predicted molar refractivity (Wildman–Crippen MR) is 66.8 cm³/mol. The van der Waals surface area contributed by atoms with Gasteiger partial charge in [-0.25, -0.2) is 14.5 Å². The van der Waals surface area contributed by atoms with Gasteiger partial charge < -0.3 is 15.0 Å². The van der Waals surface area contributed by atoms with Gasteiger partial charge in [0.1, 0.15) is 6.54 Å². The Morgan fingerprint density at radius 3 is 2.90 bits per heavy atom. The lowest BCUT2D eigenvalue weighted by Crippen LogP contribution is -2.37. The number of hydrogen-bond donors (Lipinski definition) is 2. The average molecular weight is 278 g/mol. The van der Waals surface area contributed by atoms with E-state index >= 15 is 0 Å². The van der Waals surface area contributed by atoms with E-state index in [9.17, 15) is 9.59 Å². The number of imidazole rings is 1. The summed E-state index contributed by atoms with van der Waals surface area (Å²) in [4.78, 5) is 26.3. The van der Waals surface area contributed by atoms with E-state index in [0.29, 0.717) is 6.54 Å². The van der Waals surface area contributed by atoms with E-state index in [-0.39, 0.29) is 24.2 Å². The fraction of sp³-hybridized carbons (Fsp3) is 0.364. The fourth-order valence-corrected chi connectivity index (χ4v) is 1.70. The van der Waals surface area contributed by atoms with Crippen LogP contribution in [0.2, 0.25) is 0 Å². The van der Waals surface area contributed by atoms with Gasteiger partial charge in [0, 0.05) is 25.0 Å². The van der Waals surface area contributed by atoms with Crippen molar-refractivity contribution in [2.45, 2.75) is 26.1 Å². The van der Waals surface area contributed by atoms with Crippen LogP contribution in [-0.4, -0.2) is 47.6 Å². The second-order valence-electron chi connectivity index (χ2n) is 4.33. The van der Waals surface area contributed by atoms with Gasteiger partial charge >= 0.3 is 5.97 Å². The Balaban J connectivity index is 1.83. The van der Waals surface area contributed by atoms with E-state index in [1.165, 1.54) is 10.9 Å². The van der Waals surface area contributed by atoms with Gasteiger partial charge in [-0.2, -0.15) is 0 Å². The largest absolute Gasteiger partial charge is 0.476 e. The molecule has 9 heteroatoms. The van der Waals surface area contributed by atoms with Crippen LogP contribution in [0, 0.1) is 0 Å². The van der Waals surface area contributed by atoms with Crippen molar-refractivity contribution < 1.29 is 14.7 Å². The van der Waals surface area contributed by atoms with Crippen LogP contribution in [0.25, 0.3) is 0 Å². The van der Waals surface area contributed by atoms with Crippen molar-refractivity contribution in [3.8, 4) is 0 Å². The zero-order chi connectivity index (χ0) is 14.5. The van der Waals surface area contributed by atoms with Crippen LogP contribution in [0.15, 0.2) is 24.9 Å². The minimum Gasteiger partial charge on any atom is -0.476 e. The Morgan fingerprint density at radius 2 is 2.30 bits per heavy atom. The fourth-order valence-electron chi connectivity index (χ4n) is 1.70. The SMILES string of the molecule is CC(Cn1ccnc1)NC(=O)Cn1cc(C(=O)O)nn1. The first-order valence-corrected chi connectivity index (χ1v) is 5.93. The molecule has 2 N–H and O–H groups in total. The van der Waals surface area contributed by atoms with Crippen molar-refractivity contribution in [2.75, 3.05) is 0 Å². The highest BCUT2D eigenvalue weighted by molar-refractivity contribution is 5.84. The molecule has 1 unspecified atom stereocenters. The first kappa shape index (κ1) is 13.7. The molecule has 1 amide bonds. The summed E-state index contributed by atoms with van der Waals surface area (Å²) in [6, 6.07) is -0.0841. The Hall–Kier alpha value is -2.71. The Kier molecular flexibility index (Phi) is 4.08. The molecule has 0 aliphatic carbocycles. The normalized spacial score (nSPS) is 12.1. The van der Waals surface area contributed by atoms with Crippen LogP contribution in [0.4, 0.5) is 0 Å². The van der Waals surface area contributed by atoms with Crippen LogP contribution in [0.3, 0.4) is 0 Å². The maximum absolute atomic E-state index is 11.8. The molecule has 0 spiro atoms. The van der Waals surface area contributed by atoms with Crippen LogP contribution in [0.1, 0.15) is 17.4 Å². The summed E-state index contributed by atoms with van der Waals surface area (Å²) in [5, 5.41) is 18.5. The van der Waals surface area contributed by atoms with Gasteiger partial charge in [-0.1, -0.05) is 5.21 Å². The first-order valence-electron chi connectivity index (χ1n) is 5.93. The molecule has 0 radical (unpaired) electrons. The Morgan fingerprint density at radius 1 is 1.50 bits per heavy atom. The number of nitrogens with zero attached hydrogens (tertiary/aromatic N) is 5. The highest BCUT2D eigenvalue weighted by atomic mass is 16.4. The van der Waals surface area contributed by atoms with Gasteiger partial charge in [0.25, 0.3) is 0 Å². The molecule has 2 rings (SSSR count). The molecular formula is C11H14N6O3. The van der Waals surface area contributed by atoms with Gasteiger partial charge in [0.05, 0.1) is 12.5 Å². The second-order valence-corrected chi connectivity index (χ2v) is 4.33. The molecule has 2 heterocycles. The number of aromatic carboxylic acids is 1. The van der Waals surface area contributed by atoms with Gasteiger partial charge in [0.2, 0.25) is 5.91 Å². The maximum atomic E-state index is 11.8. The molecule has 1 atom stereocenters. The molecule has 106 valence electrons. The first-order chi connectivity index (χ1) is 9.54. The zero-order valence-electron chi connectivity index (χ0n) is 10.8. The number of rotatable bonds is 6. The number of amides is 1. The smallest absolute Gasteiger partial charge is 0.358 e. The minimum absolute atomic E-state index is 0.0749. The molecule has 0 saturated carbocycles. The molecular weight excluding hydrogens is 264 g/mol. The lowest BCUT2D eigenvalue weighted by molar-refractivity contribution is -0.122. The average Bonchev–Trinajstić information content (AvgIpc) is 2.99. The Labute approximate surface area is 114 Å². The summed E-state index contributed by atoms with van der Waals surface area (Å²) in [7, 11) is 0. The van der Waals surface area contributed by atoms with Crippen molar-refractivity contribution in [1.29, 1.82) is 0 Å². The van der Waals surface area contributed by atoms with Crippen LogP contribution in [-0.2, 0) is 17.9 Å². The molecule has 0 fully saturated rings. The summed E-state index contributed by atoms with van der Waals surface area (Å²) in [5.74, 6) is -1.44. The number of nitrogens with one attached hydrogen (secondary N) is 1. The quantitative estimate of drug-likeness (QED) is 0.727. The molecule has 9 nitrogen and oxygen atoms in total. The van der Waals surface area contributed by atoms with E-state index in [0.717, 1.165) is 0 Å². The number of carbonyl (C=O) groups is 2. The molecule has 0 aliphatic heterocycles. The molecule has 0 bridgehead atoms. The zero-order valence-corrected chi connectivity index (χ0v) is 10.8. The predicted octanol–water partition coefficient (Wildman–Crippen LogP) is -0.622. The number of carboxylic acid groups (broad SMARTS) is 1. The van der Waals surface area contributed by atoms with Crippen molar-refractivity contribution in [1.82, 2.24) is 29.9 Å². The van der Waals surface area contributed by atoms with Gasteiger partial charge in [0.15, 0.2) is 5.69 Å². The van der Waals surface area contributed by atoms with Crippen LogP contribution >= 0.6 is 0 Å². The van der Waals surface area contributed by atoms with Crippen molar-refractivity contribution in [3.63, 3.8) is 0 Å². The van der Waals surface area contributed by atoms with Crippen molar-refractivity contribution in [3.05, 3.63) is 30.6 Å². The minimum atomic E-state index is -1.18. The van der Waals surface area contributed by atoms with E-state index in [2.05, 4.69) is 20.6 Å². The van der Waals surface area contributed by atoms with E-state index in [1.54, 1.807) is 18.7 Å². The van der Waals surface area contributed by atoms with Gasteiger partial charge in [-0.3, -0.25) is 4.79 Å². The summed E-state index contributed by atoms with van der Waals surface area (Å²) in [5.41, 5.74) is -0.190. The summed E-state index contributed by atoms with van der Waals surface area (Å²) >= 11 is 0. The van der Waals surface area contributed by atoms with Crippen molar-refractivity contribution in [2.24, 2.45) is 0 Å². The number of carbonyl (C=O) groups excluding carboxylic acids is 1. The van der Waals surface area contributed by atoms with Gasteiger partial charge in [-0.15, -0.1) is 5.10 Å². The van der Waals surface area contributed by atoms with Crippen LogP contribution in [0.5, 0.6) is 0 Å². The Bertz CT molecular complexity index is 591. The maximum Gasteiger partial charge on any atom is 0.358 e. The molecule has 20 heavy (non-hydrogen) atoms. The lowest BCUT2D eigenvalue weighted by Gasteiger charge is -2.14. The second kappa shape index (κ2) is 5.95. The number of carboxylic acids is 1. The summed E-state index contributed by atoms with van der Waals surface area (Å²) in [6.07, 6.45) is 6.35. The number of aromatic nitrogens is 5. The third kappa shape index (κ3) is 3.64. The van der Waals surface area contributed by atoms with E-state index < -0.39 is 5.97 Å². The molecule has 2 aromatic heterocycles. The standard InChI is InChI=1S/C11H14N6O3/c1-8(4-16-3-2-12-7-16)13-10(18)6-17-5-9(11(19)20)14-15-17/h2-3,5,7-8H,4,6H2,1H3,(H,13,18)(H,19,20). The third-order valence-electron chi connectivity index (χ3n) is 2.51.